The standard InChI is InChI=1S/C21H26N6O2/c1-14-18(15(2)26(4)25-14)9-10-22-21(29)19-7-5-6-8-20(19)27-12-17(24-13-27)11-23-16(3)28/h5-8,12-13H,9-11H2,1-4H3,(H,22,29)(H,23,28). The van der Waals surface area contributed by atoms with E-state index in [1.807, 2.05) is 50.0 Å². The molecule has 0 fully saturated rings. The molecule has 2 N–H and O–H groups in total. The number of amides is 2. The molecule has 0 atom stereocenters. The molecule has 0 unspecified atom stereocenters. The van der Waals surface area contributed by atoms with Crippen molar-refractivity contribution >= 4 is 11.8 Å². The van der Waals surface area contributed by atoms with Gasteiger partial charge in [0.05, 0.1) is 35.5 Å². The van der Waals surface area contributed by atoms with Gasteiger partial charge in [0.2, 0.25) is 5.91 Å². The van der Waals surface area contributed by atoms with Gasteiger partial charge in [0.1, 0.15) is 0 Å². The Morgan fingerprint density at radius 3 is 2.59 bits per heavy atom. The van der Waals surface area contributed by atoms with Crippen molar-refractivity contribution in [2.75, 3.05) is 6.54 Å². The molecule has 0 aliphatic rings. The molecule has 2 aromatic heterocycles. The number of aromatic nitrogens is 4. The molecule has 0 bridgehead atoms. The lowest BCUT2D eigenvalue weighted by atomic mass is 10.1. The molecule has 0 aliphatic heterocycles. The van der Waals surface area contributed by atoms with Crippen molar-refractivity contribution in [3.63, 3.8) is 0 Å². The number of carbonyl (C=O) groups excluding carboxylic acids is 2. The zero-order chi connectivity index (χ0) is 21.0. The van der Waals surface area contributed by atoms with Crippen molar-refractivity contribution in [3.8, 4) is 5.69 Å². The van der Waals surface area contributed by atoms with E-state index in [0.29, 0.717) is 18.7 Å². The monoisotopic (exact) mass is 394 g/mol. The van der Waals surface area contributed by atoms with Gasteiger partial charge in [-0.1, -0.05) is 12.1 Å². The molecule has 0 aliphatic carbocycles. The predicted octanol–water partition coefficient (Wildman–Crippen LogP) is 1.83. The molecular weight excluding hydrogens is 368 g/mol. The Morgan fingerprint density at radius 1 is 1.14 bits per heavy atom. The number of imidazole rings is 1. The maximum Gasteiger partial charge on any atom is 0.253 e. The predicted molar refractivity (Wildman–Crippen MR) is 110 cm³/mol. The topological polar surface area (TPSA) is 93.8 Å². The molecule has 3 rings (SSSR count). The van der Waals surface area contributed by atoms with E-state index in [1.165, 1.54) is 12.5 Å². The lowest BCUT2D eigenvalue weighted by molar-refractivity contribution is -0.119. The number of para-hydroxylation sites is 1. The molecule has 0 saturated heterocycles. The Labute approximate surface area is 169 Å². The van der Waals surface area contributed by atoms with Gasteiger partial charge < -0.3 is 15.2 Å². The molecule has 152 valence electrons. The maximum atomic E-state index is 12.8. The van der Waals surface area contributed by atoms with Gasteiger partial charge in [-0.15, -0.1) is 0 Å². The van der Waals surface area contributed by atoms with E-state index in [4.69, 9.17) is 0 Å². The second-order valence-corrected chi connectivity index (χ2v) is 6.98. The fraction of sp³-hybridized carbons (Fsp3) is 0.333. The smallest absolute Gasteiger partial charge is 0.253 e. The molecule has 29 heavy (non-hydrogen) atoms. The number of nitrogens with one attached hydrogen (secondary N) is 2. The van der Waals surface area contributed by atoms with E-state index in [1.54, 1.807) is 17.0 Å². The first-order valence-electron chi connectivity index (χ1n) is 9.50. The zero-order valence-electron chi connectivity index (χ0n) is 17.2. The average molecular weight is 394 g/mol. The summed E-state index contributed by atoms with van der Waals surface area (Å²) in [5, 5.41) is 10.1. The third-order valence-electron chi connectivity index (χ3n) is 4.90. The molecule has 0 saturated carbocycles. The van der Waals surface area contributed by atoms with Crippen molar-refractivity contribution in [1.29, 1.82) is 0 Å². The lowest BCUT2D eigenvalue weighted by Gasteiger charge is -2.11. The SMILES string of the molecule is CC(=O)NCc1cn(-c2ccccc2C(=O)NCCc2c(C)nn(C)c2C)cn1. The second-order valence-electron chi connectivity index (χ2n) is 6.98. The van der Waals surface area contributed by atoms with Crippen LogP contribution in [0.25, 0.3) is 5.69 Å². The van der Waals surface area contributed by atoms with Crippen LogP contribution in [0.4, 0.5) is 0 Å². The van der Waals surface area contributed by atoms with Crippen LogP contribution in [0.2, 0.25) is 0 Å². The average Bonchev–Trinajstić information content (AvgIpc) is 3.26. The first-order valence-corrected chi connectivity index (χ1v) is 9.50. The number of carbonyl (C=O) groups is 2. The van der Waals surface area contributed by atoms with Crippen LogP contribution >= 0.6 is 0 Å². The normalized spacial score (nSPS) is 10.8. The number of hydrogen-bond donors (Lipinski definition) is 2. The lowest BCUT2D eigenvalue weighted by Crippen LogP contribution is -2.27. The number of aryl methyl sites for hydroxylation is 2. The summed E-state index contributed by atoms with van der Waals surface area (Å²) < 4.78 is 3.65. The Morgan fingerprint density at radius 2 is 1.90 bits per heavy atom. The largest absolute Gasteiger partial charge is 0.352 e. The van der Waals surface area contributed by atoms with Crippen LogP contribution < -0.4 is 10.6 Å². The molecular formula is C21H26N6O2. The van der Waals surface area contributed by atoms with Gasteiger partial charge in [-0.3, -0.25) is 14.3 Å². The van der Waals surface area contributed by atoms with Crippen molar-refractivity contribution in [2.45, 2.75) is 33.7 Å². The van der Waals surface area contributed by atoms with E-state index in [-0.39, 0.29) is 11.8 Å². The summed E-state index contributed by atoms with van der Waals surface area (Å²) in [4.78, 5) is 28.2. The molecule has 3 aromatic rings. The number of nitrogens with zero attached hydrogens (tertiary/aromatic N) is 4. The summed E-state index contributed by atoms with van der Waals surface area (Å²) in [5.41, 5.74) is 5.29. The van der Waals surface area contributed by atoms with Crippen LogP contribution in [0.3, 0.4) is 0 Å². The van der Waals surface area contributed by atoms with E-state index in [0.717, 1.165) is 29.2 Å². The highest BCUT2D eigenvalue weighted by Crippen LogP contribution is 2.16. The Bertz CT molecular complexity index is 1030. The quantitative estimate of drug-likeness (QED) is 0.639. The Kier molecular flexibility index (Phi) is 6.11. The maximum absolute atomic E-state index is 12.8. The molecule has 0 radical (unpaired) electrons. The van der Waals surface area contributed by atoms with Gasteiger partial charge >= 0.3 is 0 Å². The van der Waals surface area contributed by atoms with E-state index in [2.05, 4.69) is 20.7 Å². The Balaban J connectivity index is 1.69. The van der Waals surface area contributed by atoms with Crippen LogP contribution in [0, 0.1) is 13.8 Å². The molecule has 8 nitrogen and oxygen atoms in total. The number of hydrogen-bond acceptors (Lipinski definition) is 4. The summed E-state index contributed by atoms with van der Waals surface area (Å²) in [5.74, 6) is -0.254. The summed E-state index contributed by atoms with van der Waals surface area (Å²) in [6.07, 6.45) is 4.18. The third kappa shape index (κ3) is 4.71. The van der Waals surface area contributed by atoms with Crippen LogP contribution in [-0.2, 0) is 24.8 Å². The zero-order valence-corrected chi connectivity index (χ0v) is 17.2. The molecule has 1 aromatic carbocycles. The van der Waals surface area contributed by atoms with Crippen molar-refractivity contribution in [3.05, 3.63) is 65.0 Å². The van der Waals surface area contributed by atoms with Gasteiger partial charge in [-0.2, -0.15) is 5.10 Å². The highest BCUT2D eigenvalue weighted by atomic mass is 16.2. The highest BCUT2D eigenvalue weighted by molar-refractivity contribution is 5.97. The van der Waals surface area contributed by atoms with Crippen LogP contribution in [-0.4, -0.2) is 37.7 Å². The minimum absolute atomic E-state index is 0.113. The highest BCUT2D eigenvalue weighted by Gasteiger charge is 2.14. The fourth-order valence-corrected chi connectivity index (χ4v) is 3.27. The second kappa shape index (κ2) is 8.72. The van der Waals surface area contributed by atoms with Crippen LogP contribution in [0.5, 0.6) is 0 Å². The van der Waals surface area contributed by atoms with Crippen molar-refractivity contribution in [1.82, 2.24) is 30.0 Å². The van der Waals surface area contributed by atoms with Crippen LogP contribution in [0.1, 0.15) is 39.9 Å². The van der Waals surface area contributed by atoms with Crippen molar-refractivity contribution < 1.29 is 9.59 Å². The summed E-state index contributed by atoms with van der Waals surface area (Å²) in [6, 6.07) is 7.37. The van der Waals surface area contributed by atoms with Gasteiger partial charge in [0.25, 0.3) is 5.91 Å². The third-order valence-corrected chi connectivity index (χ3v) is 4.90. The molecule has 8 heteroatoms. The van der Waals surface area contributed by atoms with Gasteiger partial charge in [-0.25, -0.2) is 4.98 Å². The Hall–Kier alpha value is -3.42. The number of benzene rings is 1. The summed E-state index contributed by atoms with van der Waals surface area (Å²) in [7, 11) is 1.92. The van der Waals surface area contributed by atoms with E-state index >= 15 is 0 Å². The first kappa shape index (κ1) is 20.3. The van der Waals surface area contributed by atoms with E-state index < -0.39 is 0 Å². The van der Waals surface area contributed by atoms with Gasteiger partial charge in [0, 0.05) is 32.4 Å². The number of rotatable bonds is 7. The molecule has 0 spiro atoms. The van der Waals surface area contributed by atoms with Crippen LogP contribution in [0.15, 0.2) is 36.8 Å². The van der Waals surface area contributed by atoms with Crippen molar-refractivity contribution in [2.24, 2.45) is 7.05 Å². The van der Waals surface area contributed by atoms with Gasteiger partial charge in [0.15, 0.2) is 0 Å². The fourth-order valence-electron chi connectivity index (χ4n) is 3.27. The summed E-state index contributed by atoms with van der Waals surface area (Å²) in [6.45, 7) is 6.35. The molecule has 2 heterocycles. The van der Waals surface area contributed by atoms with Gasteiger partial charge in [-0.05, 0) is 38.0 Å². The van der Waals surface area contributed by atoms with E-state index in [9.17, 15) is 9.59 Å². The molecule has 2 amide bonds. The minimum Gasteiger partial charge on any atom is -0.352 e. The minimum atomic E-state index is -0.142. The summed E-state index contributed by atoms with van der Waals surface area (Å²) >= 11 is 0. The first-order chi connectivity index (χ1) is 13.9.